The molecule has 0 spiro atoms. The average molecular weight is 266 g/mol. The van der Waals surface area contributed by atoms with Crippen LogP contribution in [-0.2, 0) is 18.0 Å². The summed E-state index contributed by atoms with van der Waals surface area (Å²) in [5, 5.41) is 8.98. The molecule has 1 saturated carbocycles. The first kappa shape index (κ1) is 14.6. The van der Waals surface area contributed by atoms with Crippen molar-refractivity contribution in [1.82, 2.24) is 0 Å². The monoisotopic (exact) mass is 266 g/mol. The Morgan fingerprint density at radius 3 is 2.68 bits per heavy atom. The third-order valence-electron chi connectivity index (χ3n) is 4.27. The van der Waals surface area contributed by atoms with E-state index in [2.05, 4.69) is 20.8 Å². The van der Waals surface area contributed by atoms with Crippen LogP contribution < -0.4 is 0 Å². The van der Waals surface area contributed by atoms with Gasteiger partial charge in [0, 0.05) is 0 Å². The lowest BCUT2D eigenvalue weighted by Gasteiger charge is -2.37. The third-order valence-corrected chi connectivity index (χ3v) is 4.27. The molecule has 1 aromatic rings. The molecule has 0 saturated heterocycles. The highest BCUT2D eigenvalue weighted by atomic mass is 16.5. The smallest absolute Gasteiger partial charge is 0.130 e. The van der Waals surface area contributed by atoms with Crippen molar-refractivity contribution in [2.24, 2.45) is 17.8 Å². The van der Waals surface area contributed by atoms with Gasteiger partial charge in [-0.25, -0.2) is 0 Å². The zero-order chi connectivity index (χ0) is 13.8. The van der Waals surface area contributed by atoms with Gasteiger partial charge in [0.05, 0.1) is 6.10 Å². The van der Waals surface area contributed by atoms with Gasteiger partial charge < -0.3 is 14.3 Å². The van der Waals surface area contributed by atoms with Crippen LogP contribution in [0.2, 0.25) is 0 Å². The molecule has 0 bridgehead atoms. The second-order valence-corrected chi connectivity index (χ2v) is 6.20. The minimum atomic E-state index is -0.0465. The lowest BCUT2D eigenvalue weighted by Crippen LogP contribution is -2.34. The van der Waals surface area contributed by atoms with Crippen LogP contribution in [0.1, 0.15) is 51.6 Å². The van der Waals surface area contributed by atoms with Gasteiger partial charge in [0.1, 0.15) is 24.7 Å². The summed E-state index contributed by atoms with van der Waals surface area (Å²) in [5.74, 6) is 3.50. The standard InChI is InChI=1S/C16H26O3/c1-11(2)15-7-4-12(3)8-16(15)18-10-14-6-5-13(9-17)19-14/h5-6,11-12,15-17H,4,7-10H2,1-3H3. The number of aliphatic hydroxyl groups is 1. The van der Waals surface area contributed by atoms with Gasteiger partial charge in [-0.1, -0.05) is 27.2 Å². The van der Waals surface area contributed by atoms with E-state index in [0.717, 1.165) is 18.1 Å². The highest BCUT2D eigenvalue weighted by molar-refractivity contribution is 5.05. The molecule has 1 fully saturated rings. The molecule has 1 aliphatic carbocycles. The van der Waals surface area contributed by atoms with Gasteiger partial charge >= 0.3 is 0 Å². The Hall–Kier alpha value is -0.800. The SMILES string of the molecule is CC1CCC(C(C)C)C(OCc2ccc(CO)o2)C1. The van der Waals surface area contributed by atoms with Crippen molar-refractivity contribution in [1.29, 1.82) is 0 Å². The quantitative estimate of drug-likeness (QED) is 0.882. The van der Waals surface area contributed by atoms with E-state index in [1.807, 2.05) is 12.1 Å². The number of ether oxygens (including phenoxy) is 1. The maximum atomic E-state index is 8.98. The molecule has 0 aliphatic heterocycles. The molecule has 0 radical (unpaired) electrons. The lowest BCUT2D eigenvalue weighted by atomic mass is 9.75. The van der Waals surface area contributed by atoms with Crippen molar-refractivity contribution in [2.45, 2.75) is 59.4 Å². The molecule has 3 unspecified atom stereocenters. The van der Waals surface area contributed by atoms with Crippen LogP contribution in [0.25, 0.3) is 0 Å². The van der Waals surface area contributed by atoms with Crippen molar-refractivity contribution >= 4 is 0 Å². The summed E-state index contributed by atoms with van der Waals surface area (Å²) in [5.41, 5.74) is 0. The molecule has 2 rings (SSSR count). The Morgan fingerprint density at radius 2 is 2.05 bits per heavy atom. The largest absolute Gasteiger partial charge is 0.461 e. The first-order valence-electron chi connectivity index (χ1n) is 7.40. The Labute approximate surface area is 116 Å². The Kier molecular flexibility index (Phi) is 5.06. The molecular weight excluding hydrogens is 240 g/mol. The highest BCUT2D eigenvalue weighted by Gasteiger charge is 2.31. The minimum Gasteiger partial charge on any atom is -0.461 e. The predicted molar refractivity (Wildman–Crippen MR) is 74.6 cm³/mol. The zero-order valence-corrected chi connectivity index (χ0v) is 12.3. The lowest BCUT2D eigenvalue weighted by molar-refractivity contribution is -0.0526. The predicted octanol–water partition coefficient (Wildman–Crippen LogP) is 3.75. The van der Waals surface area contributed by atoms with Gasteiger partial charge in [-0.2, -0.15) is 0 Å². The first-order valence-corrected chi connectivity index (χ1v) is 7.40. The fourth-order valence-corrected chi connectivity index (χ4v) is 3.08. The summed E-state index contributed by atoms with van der Waals surface area (Å²) in [6.07, 6.45) is 4.07. The van der Waals surface area contributed by atoms with Crippen LogP contribution in [0.5, 0.6) is 0 Å². The highest BCUT2D eigenvalue weighted by Crippen LogP contribution is 2.35. The van der Waals surface area contributed by atoms with Gasteiger partial charge in [-0.3, -0.25) is 0 Å². The van der Waals surface area contributed by atoms with Gasteiger partial charge in [0.15, 0.2) is 0 Å². The van der Waals surface area contributed by atoms with Crippen LogP contribution >= 0.6 is 0 Å². The van der Waals surface area contributed by atoms with Crippen molar-refractivity contribution in [3.05, 3.63) is 23.7 Å². The fraction of sp³-hybridized carbons (Fsp3) is 0.750. The van der Waals surface area contributed by atoms with E-state index in [9.17, 15) is 0 Å². The number of rotatable bonds is 5. The van der Waals surface area contributed by atoms with E-state index in [1.165, 1.54) is 12.8 Å². The molecule has 0 aromatic carbocycles. The summed E-state index contributed by atoms with van der Waals surface area (Å²) < 4.78 is 11.6. The molecule has 3 nitrogen and oxygen atoms in total. The summed E-state index contributed by atoms with van der Waals surface area (Å²) in [6, 6.07) is 3.70. The molecule has 0 amide bonds. The zero-order valence-electron chi connectivity index (χ0n) is 12.3. The summed E-state index contributed by atoms with van der Waals surface area (Å²) in [7, 11) is 0. The molecule has 3 atom stereocenters. The molecule has 108 valence electrons. The molecule has 1 aliphatic rings. The first-order chi connectivity index (χ1) is 9.10. The minimum absolute atomic E-state index is 0.0465. The van der Waals surface area contributed by atoms with Crippen LogP contribution in [0.4, 0.5) is 0 Å². The Balaban J connectivity index is 1.91. The van der Waals surface area contributed by atoms with Crippen molar-refractivity contribution in [3.63, 3.8) is 0 Å². The Morgan fingerprint density at radius 1 is 1.32 bits per heavy atom. The van der Waals surface area contributed by atoms with E-state index < -0.39 is 0 Å². The van der Waals surface area contributed by atoms with Crippen LogP contribution in [-0.4, -0.2) is 11.2 Å². The summed E-state index contributed by atoms with van der Waals surface area (Å²) >= 11 is 0. The van der Waals surface area contributed by atoms with Crippen LogP contribution in [0.15, 0.2) is 16.5 Å². The number of furan rings is 1. The fourth-order valence-electron chi connectivity index (χ4n) is 3.08. The van der Waals surface area contributed by atoms with Gasteiger partial charge in [-0.15, -0.1) is 0 Å². The molecule has 3 heteroatoms. The van der Waals surface area contributed by atoms with Crippen molar-refractivity contribution in [3.8, 4) is 0 Å². The van der Waals surface area contributed by atoms with E-state index in [1.54, 1.807) is 0 Å². The number of aliphatic hydroxyl groups excluding tert-OH is 1. The molecule has 1 N–H and O–H groups in total. The maximum Gasteiger partial charge on any atom is 0.130 e. The topological polar surface area (TPSA) is 42.6 Å². The summed E-state index contributed by atoms with van der Waals surface area (Å²) in [4.78, 5) is 0. The Bertz CT molecular complexity index is 383. The average Bonchev–Trinajstić information content (AvgIpc) is 2.84. The third kappa shape index (κ3) is 3.83. The van der Waals surface area contributed by atoms with Gasteiger partial charge in [0.25, 0.3) is 0 Å². The van der Waals surface area contributed by atoms with Crippen LogP contribution in [0, 0.1) is 17.8 Å². The van der Waals surface area contributed by atoms with Crippen molar-refractivity contribution in [2.75, 3.05) is 0 Å². The molecule has 1 heterocycles. The van der Waals surface area contributed by atoms with E-state index in [-0.39, 0.29) is 6.61 Å². The maximum absolute atomic E-state index is 8.98. The van der Waals surface area contributed by atoms with E-state index in [0.29, 0.717) is 30.3 Å². The number of hydrogen-bond acceptors (Lipinski definition) is 3. The van der Waals surface area contributed by atoms with Gasteiger partial charge in [0.2, 0.25) is 0 Å². The molecule has 1 aromatic heterocycles. The second kappa shape index (κ2) is 6.58. The van der Waals surface area contributed by atoms with E-state index >= 15 is 0 Å². The van der Waals surface area contributed by atoms with E-state index in [4.69, 9.17) is 14.3 Å². The van der Waals surface area contributed by atoms with Gasteiger partial charge in [-0.05, 0) is 42.7 Å². The van der Waals surface area contributed by atoms with Crippen molar-refractivity contribution < 1.29 is 14.3 Å². The molecular formula is C16H26O3. The number of hydrogen-bond donors (Lipinski definition) is 1. The normalized spacial score (nSPS) is 27.9. The summed E-state index contributed by atoms with van der Waals surface area (Å²) in [6.45, 7) is 7.35. The van der Waals surface area contributed by atoms with Crippen LogP contribution in [0.3, 0.4) is 0 Å². The molecule has 19 heavy (non-hydrogen) atoms. The second-order valence-electron chi connectivity index (χ2n) is 6.20.